The van der Waals surface area contributed by atoms with E-state index in [1.54, 1.807) is 42.8 Å². The Morgan fingerprint density at radius 1 is 0.974 bits per heavy atom. The SMILES string of the molecule is CO[C@H]1C[C@H](C(=O)CNC(=O)c2ccc(Oc3ccccc3)cc2)[C@H](C(=O)NCc2cc(C(=N)N)cs2)C1. The van der Waals surface area contributed by atoms with Gasteiger partial charge in [-0.2, -0.15) is 0 Å². The molecule has 1 aliphatic rings. The average molecular weight is 535 g/mol. The molecule has 9 nitrogen and oxygen atoms in total. The lowest BCUT2D eigenvalue weighted by Crippen LogP contribution is -2.39. The fourth-order valence-corrected chi connectivity index (χ4v) is 5.27. The number of amidine groups is 1. The number of carbonyl (C=O) groups excluding carboxylic acids is 3. The summed E-state index contributed by atoms with van der Waals surface area (Å²) in [6.07, 6.45) is 0.639. The second-order valence-electron chi connectivity index (χ2n) is 9.06. The summed E-state index contributed by atoms with van der Waals surface area (Å²) in [4.78, 5) is 39.5. The number of Topliss-reactive ketones (excluding diaryl/α,β-unsaturated/α-hetero) is 1. The number of nitrogens with two attached hydrogens (primary N) is 1. The number of para-hydroxylation sites is 1. The molecule has 1 aliphatic carbocycles. The van der Waals surface area contributed by atoms with Gasteiger partial charge in [0.2, 0.25) is 5.91 Å². The first-order valence-electron chi connectivity index (χ1n) is 12.2. The Hall–Kier alpha value is -4.02. The number of nitrogens with one attached hydrogen (secondary N) is 3. The van der Waals surface area contributed by atoms with Crippen molar-refractivity contribution in [1.82, 2.24) is 10.6 Å². The van der Waals surface area contributed by atoms with Crippen LogP contribution >= 0.6 is 11.3 Å². The summed E-state index contributed by atoms with van der Waals surface area (Å²) in [7, 11) is 1.56. The Morgan fingerprint density at radius 2 is 1.66 bits per heavy atom. The first kappa shape index (κ1) is 27.0. The van der Waals surface area contributed by atoms with Gasteiger partial charge in [-0.3, -0.25) is 19.8 Å². The van der Waals surface area contributed by atoms with E-state index in [-0.39, 0.29) is 42.6 Å². The number of nitrogen functional groups attached to an aromatic ring is 1. The number of benzene rings is 2. The summed E-state index contributed by atoms with van der Waals surface area (Å²) in [6.45, 7) is 0.103. The van der Waals surface area contributed by atoms with Crippen LogP contribution in [0.2, 0.25) is 0 Å². The third-order valence-electron chi connectivity index (χ3n) is 6.52. The van der Waals surface area contributed by atoms with Crippen molar-refractivity contribution in [1.29, 1.82) is 5.41 Å². The van der Waals surface area contributed by atoms with Gasteiger partial charge in [-0.15, -0.1) is 11.3 Å². The monoisotopic (exact) mass is 534 g/mol. The van der Waals surface area contributed by atoms with Crippen LogP contribution in [-0.4, -0.2) is 43.2 Å². The first-order chi connectivity index (χ1) is 18.3. The van der Waals surface area contributed by atoms with E-state index in [1.807, 2.05) is 30.3 Å². The predicted octanol–water partition coefficient (Wildman–Crippen LogP) is 3.48. The van der Waals surface area contributed by atoms with Crippen molar-refractivity contribution in [2.24, 2.45) is 17.6 Å². The van der Waals surface area contributed by atoms with Crippen molar-refractivity contribution < 1.29 is 23.9 Å². The van der Waals surface area contributed by atoms with Gasteiger partial charge in [0.15, 0.2) is 5.78 Å². The number of ketones is 1. The summed E-state index contributed by atoms with van der Waals surface area (Å²) >= 11 is 1.40. The van der Waals surface area contributed by atoms with Gasteiger partial charge in [-0.1, -0.05) is 18.2 Å². The summed E-state index contributed by atoms with van der Waals surface area (Å²) in [5, 5.41) is 14.8. The number of hydrogen-bond acceptors (Lipinski definition) is 7. The van der Waals surface area contributed by atoms with E-state index in [0.29, 0.717) is 35.5 Å². The van der Waals surface area contributed by atoms with Crippen molar-refractivity contribution in [2.45, 2.75) is 25.5 Å². The zero-order valence-corrected chi connectivity index (χ0v) is 21.8. The lowest BCUT2D eigenvalue weighted by molar-refractivity contribution is -0.132. The molecule has 4 rings (SSSR count). The highest BCUT2D eigenvalue weighted by atomic mass is 32.1. The van der Waals surface area contributed by atoms with Crippen molar-refractivity contribution >= 4 is 34.8 Å². The van der Waals surface area contributed by atoms with Crippen LogP contribution in [0, 0.1) is 17.2 Å². The van der Waals surface area contributed by atoms with Crippen LogP contribution < -0.4 is 21.1 Å². The van der Waals surface area contributed by atoms with Crippen molar-refractivity contribution in [3.8, 4) is 11.5 Å². The fraction of sp³-hybridized carbons (Fsp3) is 0.286. The highest BCUT2D eigenvalue weighted by Crippen LogP contribution is 2.34. The van der Waals surface area contributed by atoms with Crippen LogP contribution in [0.4, 0.5) is 0 Å². The van der Waals surface area contributed by atoms with Gasteiger partial charge < -0.3 is 25.8 Å². The molecule has 1 aromatic heterocycles. The lowest BCUT2D eigenvalue weighted by Gasteiger charge is -2.18. The molecular formula is C28H30N4O5S. The van der Waals surface area contributed by atoms with Crippen LogP contribution in [0.1, 0.15) is 33.6 Å². The van der Waals surface area contributed by atoms with Gasteiger partial charge in [0.05, 0.1) is 25.1 Å². The van der Waals surface area contributed by atoms with Crippen LogP contribution in [-0.2, 0) is 20.9 Å². The van der Waals surface area contributed by atoms with E-state index in [0.717, 1.165) is 4.88 Å². The minimum Gasteiger partial charge on any atom is -0.457 e. The van der Waals surface area contributed by atoms with E-state index < -0.39 is 11.8 Å². The minimum atomic E-state index is -0.557. The van der Waals surface area contributed by atoms with Gasteiger partial charge in [0, 0.05) is 34.4 Å². The molecule has 0 unspecified atom stereocenters. The number of thiophene rings is 1. The maximum Gasteiger partial charge on any atom is 0.251 e. The van der Waals surface area contributed by atoms with Gasteiger partial charge in [-0.25, -0.2) is 0 Å². The van der Waals surface area contributed by atoms with E-state index in [1.165, 1.54) is 11.3 Å². The third kappa shape index (κ3) is 6.84. The zero-order chi connectivity index (χ0) is 27.1. The van der Waals surface area contributed by atoms with Crippen molar-refractivity contribution in [2.75, 3.05) is 13.7 Å². The predicted molar refractivity (Wildman–Crippen MR) is 144 cm³/mol. The lowest BCUT2D eigenvalue weighted by atomic mass is 9.91. The van der Waals surface area contributed by atoms with Crippen LogP contribution in [0.3, 0.4) is 0 Å². The second kappa shape index (κ2) is 12.5. The summed E-state index contributed by atoms with van der Waals surface area (Å²) in [5.74, 6) is -0.681. The molecule has 5 N–H and O–H groups in total. The molecule has 198 valence electrons. The van der Waals surface area contributed by atoms with Crippen LogP contribution in [0.25, 0.3) is 0 Å². The first-order valence-corrected chi connectivity index (χ1v) is 13.1. The number of ether oxygens (including phenoxy) is 2. The maximum absolute atomic E-state index is 13.1. The average Bonchev–Trinajstić information content (AvgIpc) is 3.59. The molecule has 2 aromatic carbocycles. The molecule has 0 aliphatic heterocycles. The number of rotatable bonds is 11. The standard InChI is InChI=1S/C28H30N4O5S/c1-36-21-12-23(24(13-21)28(35)31-14-22-11-18(16-38-22)26(29)30)25(33)15-32-27(34)17-7-9-20(10-8-17)37-19-5-3-2-4-6-19/h2-11,16,21,23-24H,12-15H2,1H3,(H3,29,30)(H,31,35)(H,32,34)/t21-,23-,24+/m0/s1. The summed E-state index contributed by atoms with van der Waals surface area (Å²) < 4.78 is 11.2. The minimum absolute atomic E-state index is 0.0262. The van der Waals surface area contributed by atoms with Gasteiger partial charge in [0.1, 0.15) is 17.3 Å². The van der Waals surface area contributed by atoms with Gasteiger partial charge in [-0.05, 0) is 55.3 Å². The molecule has 38 heavy (non-hydrogen) atoms. The molecule has 0 saturated heterocycles. The molecule has 0 radical (unpaired) electrons. The number of hydrogen-bond donors (Lipinski definition) is 4. The number of amides is 2. The summed E-state index contributed by atoms with van der Waals surface area (Å²) in [5.41, 5.74) is 6.51. The van der Waals surface area contributed by atoms with E-state index >= 15 is 0 Å². The van der Waals surface area contributed by atoms with Gasteiger partial charge in [0.25, 0.3) is 5.91 Å². The smallest absolute Gasteiger partial charge is 0.251 e. The highest BCUT2D eigenvalue weighted by molar-refractivity contribution is 7.10. The van der Waals surface area contributed by atoms with E-state index in [4.69, 9.17) is 20.6 Å². The normalized spacial score (nSPS) is 18.5. The molecule has 1 fully saturated rings. The Bertz CT molecular complexity index is 1290. The molecule has 1 heterocycles. The molecule has 2 amide bonds. The fourth-order valence-electron chi connectivity index (χ4n) is 4.45. The van der Waals surface area contributed by atoms with E-state index in [2.05, 4.69) is 10.6 Å². The Labute approximate surface area is 224 Å². The molecule has 10 heteroatoms. The third-order valence-corrected chi connectivity index (χ3v) is 7.46. The zero-order valence-electron chi connectivity index (χ0n) is 20.9. The quantitative estimate of drug-likeness (QED) is 0.219. The Morgan fingerprint density at radius 3 is 2.32 bits per heavy atom. The summed E-state index contributed by atoms with van der Waals surface area (Å²) in [6, 6.07) is 17.7. The van der Waals surface area contributed by atoms with Crippen molar-refractivity contribution in [3.05, 3.63) is 82.0 Å². The van der Waals surface area contributed by atoms with Crippen LogP contribution in [0.15, 0.2) is 66.0 Å². The van der Waals surface area contributed by atoms with Crippen molar-refractivity contribution in [3.63, 3.8) is 0 Å². The maximum atomic E-state index is 13.1. The Balaban J connectivity index is 1.31. The number of methoxy groups -OCH3 is 1. The molecule has 3 aromatic rings. The molecule has 3 atom stereocenters. The second-order valence-corrected chi connectivity index (χ2v) is 10.1. The van der Waals surface area contributed by atoms with Crippen LogP contribution in [0.5, 0.6) is 11.5 Å². The molecular weight excluding hydrogens is 504 g/mol. The molecule has 0 spiro atoms. The highest BCUT2D eigenvalue weighted by Gasteiger charge is 2.42. The molecule has 0 bridgehead atoms. The molecule has 1 saturated carbocycles. The topological polar surface area (TPSA) is 144 Å². The van der Waals surface area contributed by atoms with E-state index in [9.17, 15) is 14.4 Å². The Kier molecular flexibility index (Phi) is 8.88. The number of carbonyl (C=O) groups is 3. The largest absolute Gasteiger partial charge is 0.457 e. The van der Waals surface area contributed by atoms with Gasteiger partial charge >= 0.3 is 0 Å².